The summed E-state index contributed by atoms with van der Waals surface area (Å²) in [5, 5.41) is 0.812. The van der Waals surface area contributed by atoms with Crippen LogP contribution in [0.5, 0.6) is 0 Å². The van der Waals surface area contributed by atoms with Crippen molar-refractivity contribution in [3.63, 3.8) is 0 Å². The van der Waals surface area contributed by atoms with Gasteiger partial charge in [0.15, 0.2) is 0 Å². The van der Waals surface area contributed by atoms with Crippen LogP contribution in [0.3, 0.4) is 0 Å². The van der Waals surface area contributed by atoms with Crippen LogP contribution in [-0.4, -0.2) is 37.5 Å². The summed E-state index contributed by atoms with van der Waals surface area (Å²) in [6.45, 7) is 6.92. The molecule has 1 amide bonds. The predicted molar refractivity (Wildman–Crippen MR) is 97.7 cm³/mol. The highest BCUT2D eigenvalue weighted by molar-refractivity contribution is 6.32. The molecule has 1 aliphatic rings. The number of nitrogens with zero attached hydrogens (tertiary/aromatic N) is 1. The minimum absolute atomic E-state index is 0.117. The zero-order valence-electron chi connectivity index (χ0n) is 14.9. The summed E-state index contributed by atoms with van der Waals surface area (Å²) < 4.78 is 10.7. The third kappa shape index (κ3) is 4.06. The number of likely N-dealkylation sites (tertiary alicyclic amines) is 1. The molecule has 1 saturated heterocycles. The highest BCUT2D eigenvalue weighted by atomic mass is 16.6. The predicted octanol–water partition coefficient (Wildman–Crippen LogP) is 2.70. The first-order valence-electron chi connectivity index (χ1n) is 8.54. The summed E-state index contributed by atoms with van der Waals surface area (Å²) >= 11 is 0. The van der Waals surface area contributed by atoms with Gasteiger partial charge in [0.25, 0.3) is 0 Å². The number of ether oxygens (including phenoxy) is 1. The number of benzene rings is 1. The van der Waals surface area contributed by atoms with Gasteiger partial charge < -0.3 is 14.1 Å². The minimum Gasteiger partial charge on any atom is -0.444 e. The van der Waals surface area contributed by atoms with E-state index in [-0.39, 0.29) is 11.6 Å². The van der Waals surface area contributed by atoms with Crippen molar-refractivity contribution >= 4 is 30.4 Å². The molecular formula is C19H22BNO4. The molecule has 0 atom stereocenters. The van der Waals surface area contributed by atoms with E-state index >= 15 is 0 Å². The van der Waals surface area contributed by atoms with E-state index in [1.165, 1.54) is 0 Å². The van der Waals surface area contributed by atoms with E-state index in [0.29, 0.717) is 24.6 Å². The Bertz CT molecular complexity index is 845. The number of fused-ring (bicyclic) bond motifs is 1. The maximum Gasteiger partial charge on any atom is 0.410 e. The van der Waals surface area contributed by atoms with E-state index in [0.717, 1.165) is 23.8 Å². The second kappa shape index (κ2) is 6.58. The summed E-state index contributed by atoms with van der Waals surface area (Å²) in [7, 11) is 5.60. The van der Waals surface area contributed by atoms with Crippen molar-refractivity contribution in [1.29, 1.82) is 0 Å². The summed E-state index contributed by atoms with van der Waals surface area (Å²) in [4.78, 5) is 25.5. The summed E-state index contributed by atoms with van der Waals surface area (Å²) in [5.41, 5.74) is 0.789. The van der Waals surface area contributed by atoms with E-state index < -0.39 is 11.2 Å². The van der Waals surface area contributed by atoms with E-state index in [9.17, 15) is 9.59 Å². The first-order valence-corrected chi connectivity index (χ1v) is 8.54. The van der Waals surface area contributed by atoms with Gasteiger partial charge in [0, 0.05) is 18.5 Å². The fourth-order valence-electron chi connectivity index (χ4n) is 3.12. The van der Waals surface area contributed by atoms with Gasteiger partial charge in [-0.1, -0.05) is 18.2 Å². The number of piperidine rings is 1. The number of hydrogen-bond donors (Lipinski definition) is 0. The standard InChI is InChI=1S/C19H22BNO4/c1-19(2,3)25-18(23)21-8-6-12(7-9-21)13-4-5-14-10-15(20)17(22)24-16(14)11-13/h4-5,10-12H,6-9H2,1-3H3. The molecule has 2 aromatic rings. The van der Waals surface area contributed by atoms with E-state index in [1.807, 2.05) is 39.0 Å². The summed E-state index contributed by atoms with van der Waals surface area (Å²) in [5.74, 6) is 0.325. The number of carbonyl (C=O) groups is 1. The van der Waals surface area contributed by atoms with Crippen molar-refractivity contribution in [2.75, 3.05) is 13.1 Å². The van der Waals surface area contributed by atoms with Crippen LogP contribution >= 0.6 is 0 Å². The first-order chi connectivity index (χ1) is 11.7. The Hall–Kier alpha value is -2.24. The molecule has 0 aliphatic carbocycles. The van der Waals surface area contributed by atoms with Gasteiger partial charge in [0.1, 0.15) is 19.0 Å². The van der Waals surface area contributed by atoms with E-state index in [4.69, 9.17) is 17.0 Å². The fourth-order valence-corrected chi connectivity index (χ4v) is 3.12. The van der Waals surface area contributed by atoms with Gasteiger partial charge in [-0.15, -0.1) is 0 Å². The van der Waals surface area contributed by atoms with Gasteiger partial charge in [-0.2, -0.15) is 0 Å². The molecule has 0 bridgehead atoms. The zero-order valence-corrected chi connectivity index (χ0v) is 14.9. The molecule has 1 aromatic carbocycles. The van der Waals surface area contributed by atoms with Crippen molar-refractivity contribution in [3.8, 4) is 0 Å². The van der Waals surface area contributed by atoms with E-state index in [2.05, 4.69) is 0 Å². The van der Waals surface area contributed by atoms with Crippen molar-refractivity contribution < 1.29 is 13.9 Å². The number of carbonyl (C=O) groups excluding carboxylic acids is 1. The second-order valence-corrected chi connectivity index (χ2v) is 7.53. The maximum absolute atomic E-state index is 12.1. The van der Waals surface area contributed by atoms with Crippen LogP contribution in [0, 0.1) is 0 Å². The Morgan fingerprint density at radius 2 is 1.92 bits per heavy atom. The van der Waals surface area contributed by atoms with Crippen molar-refractivity contribution in [2.24, 2.45) is 0 Å². The topological polar surface area (TPSA) is 59.8 Å². The van der Waals surface area contributed by atoms with Crippen LogP contribution in [0.15, 0.2) is 33.5 Å². The lowest BCUT2D eigenvalue weighted by molar-refractivity contribution is 0.0205. The molecule has 25 heavy (non-hydrogen) atoms. The van der Waals surface area contributed by atoms with Crippen molar-refractivity contribution in [2.45, 2.75) is 45.1 Å². The molecule has 5 nitrogen and oxygen atoms in total. The Kier molecular flexibility index (Phi) is 4.63. The summed E-state index contributed by atoms with van der Waals surface area (Å²) in [6, 6.07) is 7.50. The lowest BCUT2D eigenvalue weighted by atomic mass is 9.88. The quantitative estimate of drug-likeness (QED) is 0.592. The van der Waals surface area contributed by atoms with Gasteiger partial charge in [-0.05, 0) is 56.6 Å². The van der Waals surface area contributed by atoms with Crippen molar-refractivity contribution in [3.05, 3.63) is 40.2 Å². The zero-order chi connectivity index (χ0) is 18.2. The normalized spacial score (nSPS) is 16.2. The molecule has 1 fully saturated rings. The molecule has 0 spiro atoms. The molecule has 0 saturated carbocycles. The Labute approximate surface area is 148 Å². The maximum atomic E-state index is 12.1. The van der Waals surface area contributed by atoms with Crippen molar-refractivity contribution in [1.82, 2.24) is 4.90 Å². The largest absolute Gasteiger partial charge is 0.444 e. The monoisotopic (exact) mass is 339 g/mol. The minimum atomic E-state index is -0.510. The second-order valence-electron chi connectivity index (χ2n) is 7.53. The van der Waals surface area contributed by atoms with Crippen LogP contribution in [0.2, 0.25) is 0 Å². The Morgan fingerprint density at radius 3 is 2.56 bits per heavy atom. The highest BCUT2D eigenvalue weighted by Gasteiger charge is 2.27. The molecule has 1 aromatic heterocycles. The van der Waals surface area contributed by atoms with Gasteiger partial charge in [0.2, 0.25) is 0 Å². The number of hydrogen-bond acceptors (Lipinski definition) is 4. The lowest BCUT2D eigenvalue weighted by Crippen LogP contribution is -2.41. The smallest absolute Gasteiger partial charge is 0.410 e. The third-order valence-corrected chi connectivity index (χ3v) is 4.41. The van der Waals surface area contributed by atoms with Gasteiger partial charge in [-0.3, -0.25) is 0 Å². The first kappa shape index (κ1) is 17.6. The van der Waals surface area contributed by atoms with Crippen LogP contribution in [0.25, 0.3) is 11.0 Å². The van der Waals surface area contributed by atoms with Gasteiger partial charge in [0.05, 0.1) is 0 Å². The number of amides is 1. The Balaban J connectivity index is 1.70. The summed E-state index contributed by atoms with van der Waals surface area (Å²) in [6.07, 6.45) is 1.44. The molecule has 2 radical (unpaired) electrons. The van der Waals surface area contributed by atoms with Crippen LogP contribution in [0.1, 0.15) is 45.1 Å². The molecule has 0 N–H and O–H groups in total. The SMILES string of the molecule is [B]c1cc2ccc(C3CCN(C(=O)OC(C)(C)C)CC3)cc2oc1=O. The molecule has 130 valence electrons. The Morgan fingerprint density at radius 1 is 1.24 bits per heavy atom. The van der Waals surface area contributed by atoms with Crippen LogP contribution < -0.4 is 11.1 Å². The van der Waals surface area contributed by atoms with E-state index in [1.54, 1.807) is 11.0 Å². The van der Waals surface area contributed by atoms with Crippen LogP contribution in [-0.2, 0) is 4.74 Å². The average molecular weight is 339 g/mol. The lowest BCUT2D eigenvalue weighted by Gasteiger charge is -2.33. The average Bonchev–Trinajstić information content (AvgIpc) is 2.54. The number of rotatable bonds is 1. The third-order valence-electron chi connectivity index (χ3n) is 4.41. The molecule has 1 aliphatic heterocycles. The van der Waals surface area contributed by atoms with Gasteiger partial charge in [-0.25, -0.2) is 9.59 Å². The molecule has 6 heteroatoms. The fraction of sp³-hybridized carbons (Fsp3) is 0.474. The molecule has 3 rings (SSSR count). The highest BCUT2D eigenvalue weighted by Crippen LogP contribution is 2.30. The molecule has 2 heterocycles. The van der Waals surface area contributed by atoms with Gasteiger partial charge >= 0.3 is 11.7 Å². The molecule has 0 unspecified atom stereocenters. The van der Waals surface area contributed by atoms with Crippen LogP contribution in [0.4, 0.5) is 4.79 Å². The molecular weight excluding hydrogens is 317 g/mol.